The van der Waals surface area contributed by atoms with E-state index in [0.29, 0.717) is 17.7 Å². The van der Waals surface area contributed by atoms with E-state index in [4.69, 9.17) is 23.2 Å². The van der Waals surface area contributed by atoms with E-state index in [1.54, 1.807) is 11.3 Å². The van der Waals surface area contributed by atoms with Crippen LogP contribution in [0.2, 0.25) is 0 Å². The maximum atomic E-state index is 6.13. The van der Waals surface area contributed by atoms with Gasteiger partial charge < -0.3 is 0 Å². The largest absolute Gasteiger partial charge is 0.133 e. The van der Waals surface area contributed by atoms with E-state index in [1.165, 1.54) is 8.66 Å². The van der Waals surface area contributed by atoms with E-state index in [1.807, 2.05) is 0 Å². The van der Waals surface area contributed by atoms with Crippen molar-refractivity contribution in [2.75, 3.05) is 11.8 Å². The van der Waals surface area contributed by atoms with E-state index in [-0.39, 0.29) is 5.41 Å². The summed E-state index contributed by atoms with van der Waals surface area (Å²) in [5.74, 6) is 1.88. The first kappa shape index (κ1) is 14.8. The Labute approximate surface area is 120 Å². The highest BCUT2D eigenvalue weighted by molar-refractivity contribution is 9.11. The maximum absolute atomic E-state index is 6.13. The molecule has 0 unspecified atom stereocenters. The second-order valence-corrected chi connectivity index (χ2v) is 7.83. The molecule has 0 N–H and O–H groups in total. The quantitative estimate of drug-likeness (QED) is 0.593. The van der Waals surface area contributed by atoms with Gasteiger partial charge in [0, 0.05) is 22.1 Å². The first-order chi connectivity index (χ1) is 7.51. The van der Waals surface area contributed by atoms with Crippen molar-refractivity contribution < 1.29 is 0 Å². The minimum absolute atomic E-state index is 0.0432. The second-order valence-electron chi connectivity index (χ2n) is 4.75. The highest BCUT2D eigenvalue weighted by Gasteiger charge is 2.30. The molecule has 4 heteroatoms. The molecule has 16 heavy (non-hydrogen) atoms. The number of thiophene rings is 1. The molecule has 0 bridgehead atoms. The Kier molecular flexibility index (Phi) is 6.14. The molecule has 0 spiro atoms. The lowest BCUT2D eigenvalue weighted by Crippen LogP contribution is -2.29. The number of rotatable bonds is 6. The van der Waals surface area contributed by atoms with Crippen molar-refractivity contribution in [3.05, 3.63) is 20.8 Å². The number of alkyl halides is 2. The van der Waals surface area contributed by atoms with Gasteiger partial charge in [-0.15, -0.1) is 34.5 Å². The minimum atomic E-state index is 0.0432. The van der Waals surface area contributed by atoms with Gasteiger partial charge >= 0.3 is 0 Å². The molecule has 1 aromatic rings. The summed E-state index contributed by atoms with van der Waals surface area (Å²) in [6.45, 7) is 4.44. The van der Waals surface area contributed by atoms with E-state index < -0.39 is 0 Å². The fraction of sp³-hybridized carbons (Fsp3) is 0.667. The Morgan fingerprint density at radius 3 is 2.31 bits per heavy atom. The zero-order chi connectivity index (χ0) is 12.2. The van der Waals surface area contributed by atoms with Crippen LogP contribution in [0.25, 0.3) is 0 Å². The predicted octanol–water partition coefficient (Wildman–Crippen LogP) is 5.56. The van der Waals surface area contributed by atoms with Crippen molar-refractivity contribution in [2.24, 2.45) is 11.3 Å². The van der Waals surface area contributed by atoms with Gasteiger partial charge in [-0.25, -0.2) is 0 Å². The van der Waals surface area contributed by atoms with E-state index in [0.717, 1.165) is 12.8 Å². The van der Waals surface area contributed by atoms with Crippen molar-refractivity contribution in [3.8, 4) is 0 Å². The van der Waals surface area contributed by atoms with Crippen LogP contribution in [0.1, 0.15) is 25.1 Å². The van der Waals surface area contributed by atoms with Gasteiger partial charge in [-0.3, -0.25) is 0 Å². The van der Waals surface area contributed by atoms with Gasteiger partial charge in [0.05, 0.1) is 3.79 Å². The molecule has 0 amide bonds. The number of halogens is 3. The Morgan fingerprint density at radius 2 is 1.94 bits per heavy atom. The average molecular weight is 344 g/mol. The fourth-order valence-electron chi connectivity index (χ4n) is 1.99. The molecule has 0 fully saturated rings. The lowest BCUT2D eigenvalue weighted by molar-refractivity contribution is 0.297. The molecule has 0 atom stereocenters. The number of hydrogen-bond acceptors (Lipinski definition) is 1. The summed E-state index contributed by atoms with van der Waals surface area (Å²) < 4.78 is 1.17. The van der Waals surface area contributed by atoms with E-state index >= 15 is 0 Å². The second kappa shape index (κ2) is 6.63. The van der Waals surface area contributed by atoms with Crippen LogP contribution < -0.4 is 0 Å². The third-order valence-electron chi connectivity index (χ3n) is 2.59. The molecule has 0 aliphatic carbocycles. The monoisotopic (exact) mass is 342 g/mol. The molecule has 0 aromatic carbocycles. The molecule has 1 heterocycles. The summed E-state index contributed by atoms with van der Waals surface area (Å²) in [5, 5.41) is 0. The third-order valence-corrected chi connectivity index (χ3v) is 5.34. The van der Waals surface area contributed by atoms with Crippen molar-refractivity contribution in [2.45, 2.75) is 26.7 Å². The van der Waals surface area contributed by atoms with Crippen molar-refractivity contribution in [1.82, 2.24) is 0 Å². The molecule has 0 nitrogen and oxygen atoms in total. The average Bonchev–Trinajstić information content (AvgIpc) is 2.62. The molecule has 0 radical (unpaired) electrons. The third kappa shape index (κ3) is 4.21. The normalized spacial score (nSPS) is 12.4. The highest BCUT2D eigenvalue weighted by Crippen LogP contribution is 2.36. The topological polar surface area (TPSA) is 0 Å². The number of hydrogen-bond donors (Lipinski definition) is 0. The van der Waals surface area contributed by atoms with Crippen LogP contribution in [-0.2, 0) is 6.42 Å². The van der Waals surface area contributed by atoms with Gasteiger partial charge in [0.1, 0.15) is 0 Å². The van der Waals surface area contributed by atoms with E-state index in [2.05, 4.69) is 41.9 Å². The summed E-state index contributed by atoms with van der Waals surface area (Å²) in [6, 6.07) is 4.24. The smallest absolute Gasteiger partial charge is 0.0701 e. The molecule has 1 rings (SSSR count). The molecule has 1 aromatic heterocycles. The Balaban J connectivity index is 2.77. The SMILES string of the molecule is CC(C)CC(CCl)(CCl)Cc1ccc(Br)s1. The summed E-state index contributed by atoms with van der Waals surface area (Å²) in [7, 11) is 0. The van der Waals surface area contributed by atoms with Gasteiger partial charge in [-0.05, 0) is 46.8 Å². The maximum Gasteiger partial charge on any atom is 0.0701 e. The van der Waals surface area contributed by atoms with Gasteiger partial charge in [-0.2, -0.15) is 0 Å². The van der Waals surface area contributed by atoms with Crippen LogP contribution in [0, 0.1) is 11.3 Å². The highest BCUT2D eigenvalue weighted by atomic mass is 79.9. The van der Waals surface area contributed by atoms with Gasteiger partial charge in [0.25, 0.3) is 0 Å². The minimum Gasteiger partial charge on any atom is -0.133 e. The fourth-order valence-corrected chi connectivity index (χ4v) is 4.34. The van der Waals surface area contributed by atoms with Crippen LogP contribution in [0.15, 0.2) is 15.9 Å². The lowest BCUT2D eigenvalue weighted by atomic mass is 9.80. The van der Waals surface area contributed by atoms with Crippen LogP contribution in [0.4, 0.5) is 0 Å². The first-order valence-electron chi connectivity index (χ1n) is 5.37. The summed E-state index contributed by atoms with van der Waals surface area (Å²) in [5.41, 5.74) is 0.0432. The standard InChI is InChI=1S/C12H17BrCl2S/c1-9(2)5-12(7-14,8-15)6-10-3-4-11(13)16-10/h3-4,9H,5-8H2,1-2H3. The Morgan fingerprint density at radius 1 is 1.31 bits per heavy atom. The molecule has 0 aliphatic rings. The molecule has 0 saturated heterocycles. The lowest BCUT2D eigenvalue weighted by Gasteiger charge is -2.31. The predicted molar refractivity (Wildman–Crippen MR) is 79.1 cm³/mol. The zero-order valence-corrected chi connectivity index (χ0v) is 13.5. The van der Waals surface area contributed by atoms with Gasteiger partial charge in [0.2, 0.25) is 0 Å². The molecular formula is C12H17BrCl2S. The Hall–Kier alpha value is 0.760. The van der Waals surface area contributed by atoms with Crippen LogP contribution >= 0.6 is 50.5 Å². The summed E-state index contributed by atoms with van der Waals surface area (Å²) in [4.78, 5) is 1.36. The molecule has 0 saturated carbocycles. The summed E-state index contributed by atoms with van der Waals surface area (Å²) in [6.07, 6.45) is 2.06. The summed E-state index contributed by atoms with van der Waals surface area (Å²) >= 11 is 17.5. The molecule has 92 valence electrons. The molecule has 0 aliphatic heterocycles. The zero-order valence-electron chi connectivity index (χ0n) is 9.60. The van der Waals surface area contributed by atoms with Gasteiger partial charge in [-0.1, -0.05) is 13.8 Å². The van der Waals surface area contributed by atoms with E-state index in [9.17, 15) is 0 Å². The van der Waals surface area contributed by atoms with Gasteiger partial charge in [0.15, 0.2) is 0 Å². The van der Waals surface area contributed by atoms with Crippen LogP contribution in [0.5, 0.6) is 0 Å². The Bertz CT molecular complexity index is 319. The van der Waals surface area contributed by atoms with Crippen molar-refractivity contribution in [3.63, 3.8) is 0 Å². The first-order valence-corrected chi connectivity index (χ1v) is 8.05. The van der Waals surface area contributed by atoms with Crippen LogP contribution in [0.3, 0.4) is 0 Å². The van der Waals surface area contributed by atoms with Crippen LogP contribution in [-0.4, -0.2) is 11.8 Å². The van der Waals surface area contributed by atoms with Crippen molar-refractivity contribution in [1.29, 1.82) is 0 Å². The van der Waals surface area contributed by atoms with Crippen molar-refractivity contribution >= 4 is 50.5 Å². The molecular weight excluding hydrogens is 327 g/mol.